The molecule has 0 aliphatic heterocycles. The average molecular weight is 375 g/mol. The number of carbonyl (C=O) groups is 1. The highest BCUT2D eigenvalue weighted by Crippen LogP contribution is 2.32. The molecule has 2 heterocycles. The Hall–Kier alpha value is -1.71. The smallest absolute Gasteiger partial charge is 0.404 e. The molecule has 8 nitrogen and oxygen atoms in total. The second kappa shape index (κ2) is 8.95. The van der Waals surface area contributed by atoms with E-state index < -0.39 is 5.97 Å². The minimum Gasteiger partial charge on any atom is -1.00 e. The van der Waals surface area contributed by atoms with E-state index in [0.29, 0.717) is 18.8 Å². The fourth-order valence-electron chi connectivity index (χ4n) is 2.96. The summed E-state index contributed by atoms with van der Waals surface area (Å²) >= 11 is 0. The van der Waals surface area contributed by atoms with Gasteiger partial charge in [-0.2, -0.15) is 5.10 Å². The summed E-state index contributed by atoms with van der Waals surface area (Å²) in [5, 5.41) is 12.8. The number of quaternary nitrogens is 1. The van der Waals surface area contributed by atoms with Crippen LogP contribution in [0, 0.1) is 0 Å². The van der Waals surface area contributed by atoms with E-state index in [1.54, 1.807) is 10.9 Å². The lowest BCUT2D eigenvalue weighted by atomic mass is 9.90. The van der Waals surface area contributed by atoms with Gasteiger partial charge < -0.3 is 29.9 Å². The predicted octanol–water partition coefficient (Wildman–Crippen LogP) is -7.19. The third-order valence-electron chi connectivity index (χ3n) is 3.93. The summed E-state index contributed by atoms with van der Waals surface area (Å²) in [6.45, 7) is 1.31. The molecule has 0 amide bonds. The number of carboxylic acids is 1. The zero-order valence-electron chi connectivity index (χ0n) is 13.0. The lowest BCUT2D eigenvalue weighted by molar-refractivity contribution is -0.751. The van der Waals surface area contributed by atoms with Crippen molar-refractivity contribution in [2.24, 2.45) is 0 Å². The van der Waals surface area contributed by atoms with Crippen LogP contribution in [0.15, 0.2) is 18.5 Å². The third kappa shape index (κ3) is 3.85. The van der Waals surface area contributed by atoms with Gasteiger partial charge in [-0.3, -0.25) is 10.8 Å². The summed E-state index contributed by atoms with van der Waals surface area (Å²) in [5.74, 6) is 2.59. The Bertz CT molecular complexity index is 707. The second-order valence-electron chi connectivity index (χ2n) is 5.26. The maximum absolute atomic E-state index is 11.7. The molecule has 0 bridgehead atoms. The summed E-state index contributed by atoms with van der Waals surface area (Å²) in [7, 11) is 0. The number of aryl methyl sites for hydroxylation is 2. The van der Waals surface area contributed by atoms with Gasteiger partial charge in [-0.05, 0) is 24.5 Å². The first-order valence-electron chi connectivity index (χ1n) is 7.28. The van der Waals surface area contributed by atoms with Crippen LogP contribution in [-0.4, -0.2) is 27.7 Å². The number of fused-ring (bicyclic) bond motifs is 3. The topological polar surface area (TPSA) is 122 Å². The number of nitrogens with zero attached hydrogens (tertiary/aromatic N) is 2. The van der Waals surface area contributed by atoms with E-state index in [9.17, 15) is 9.90 Å². The Balaban J connectivity index is 0.00000144. The van der Waals surface area contributed by atoms with Crippen LogP contribution in [-0.2, 0) is 19.4 Å². The fraction of sp³-hybridized carbons (Fsp3) is 0.357. The number of nitrogens with one attached hydrogen (secondary N) is 3. The van der Waals surface area contributed by atoms with E-state index in [-0.39, 0.29) is 24.8 Å². The maximum Gasteiger partial charge on any atom is 0.404 e. The number of carboxylic acid groups (broad SMARTS) is 1. The lowest BCUT2D eigenvalue weighted by Crippen LogP contribution is -3.00. The number of hydrazine groups is 1. The Kier molecular flexibility index (Phi) is 7.59. The van der Waals surface area contributed by atoms with Gasteiger partial charge in [0.05, 0.1) is 5.56 Å². The molecule has 0 unspecified atom stereocenters. The first-order valence-corrected chi connectivity index (χ1v) is 7.28. The van der Waals surface area contributed by atoms with Gasteiger partial charge in [-0.1, -0.05) is 0 Å². The van der Waals surface area contributed by atoms with Crippen molar-refractivity contribution in [1.29, 1.82) is 0 Å². The van der Waals surface area contributed by atoms with Gasteiger partial charge in [-0.25, -0.2) is 10.2 Å². The molecule has 2 aromatic rings. The van der Waals surface area contributed by atoms with Crippen molar-refractivity contribution < 1.29 is 45.2 Å². The molecule has 10 heteroatoms. The second-order valence-corrected chi connectivity index (χ2v) is 5.26. The summed E-state index contributed by atoms with van der Waals surface area (Å²) < 4.78 is 1.73. The van der Waals surface area contributed by atoms with Gasteiger partial charge in [-0.15, -0.1) is 10.2 Å². The van der Waals surface area contributed by atoms with E-state index in [1.807, 2.05) is 12.3 Å². The van der Waals surface area contributed by atoms with E-state index >= 15 is 0 Å². The van der Waals surface area contributed by atoms with Crippen molar-refractivity contribution in [2.45, 2.75) is 25.8 Å². The van der Waals surface area contributed by atoms with Crippen LogP contribution in [0.1, 0.15) is 28.0 Å². The molecule has 24 heavy (non-hydrogen) atoms. The van der Waals surface area contributed by atoms with Crippen molar-refractivity contribution >= 4 is 5.97 Å². The molecular weight excluding hydrogens is 355 g/mol. The van der Waals surface area contributed by atoms with Crippen LogP contribution in [0.3, 0.4) is 0 Å². The molecule has 132 valence electrons. The molecule has 0 saturated carbocycles. The summed E-state index contributed by atoms with van der Waals surface area (Å²) in [6, 6.07) is 1.94. The predicted molar refractivity (Wildman–Crippen MR) is 77.2 cm³/mol. The first-order chi connectivity index (χ1) is 10.7. The van der Waals surface area contributed by atoms with Crippen LogP contribution < -0.4 is 46.3 Å². The van der Waals surface area contributed by atoms with E-state index in [0.717, 1.165) is 41.6 Å². The summed E-state index contributed by atoms with van der Waals surface area (Å²) in [4.78, 5) is 15.8. The molecule has 3 rings (SSSR count). The van der Waals surface area contributed by atoms with Crippen molar-refractivity contribution in [3.63, 3.8) is 0 Å². The molecule has 0 saturated heterocycles. The number of pyridine rings is 1. The SMILES string of the molecule is [Cl-].[Cl-].[NH3+]NNCCC[n+]1[nH]c2c(c1C(=O)O)CCc1cnccc1-2. The maximum atomic E-state index is 11.7. The van der Waals surface area contributed by atoms with Gasteiger partial charge in [0.25, 0.3) is 0 Å². The quantitative estimate of drug-likeness (QED) is 0.195. The summed E-state index contributed by atoms with van der Waals surface area (Å²) in [5.41, 5.74) is 9.87. The largest absolute Gasteiger partial charge is 1.00 e. The van der Waals surface area contributed by atoms with Crippen molar-refractivity contribution in [1.82, 2.24) is 21.0 Å². The minimum atomic E-state index is -0.891. The van der Waals surface area contributed by atoms with Gasteiger partial charge in [0.15, 0.2) is 6.54 Å². The monoisotopic (exact) mass is 374 g/mol. The molecule has 0 aromatic carbocycles. The first kappa shape index (κ1) is 20.3. The third-order valence-corrected chi connectivity index (χ3v) is 3.93. The highest BCUT2D eigenvalue weighted by molar-refractivity contribution is 5.88. The Morgan fingerprint density at radius 2 is 2.21 bits per heavy atom. The molecule has 2 aromatic heterocycles. The normalized spacial score (nSPS) is 11.7. The Morgan fingerprint density at radius 1 is 1.42 bits per heavy atom. The van der Waals surface area contributed by atoms with E-state index in [1.165, 1.54) is 0 Å². The average Bonchev–Trinajstić information content (AvgIpc) is 2.90. The van der Waals surface area contributed by atoms with Crippen LogP contribution >= 0.6 is 0 Å². The van der Waals surface area contributed by atoms with Crippen LogP contribution in [0.2, 0.25) is 0 Å². The standard InChI is InChI=1S/C14H18N6O2.2ClH/c15-19-17-5-1-7-20-13(14(21)22)11-3-2-9-8-16-6-4-10(9)12(11)18-20;;/h4,6,8H,1-3,5,7H2,(H5,15,16,17,18,19,21,22);2*1H. The zero-order valence-corrected chi connectivity index (χ0v) is 14.5. The minimum absolute atomic E-state index is 0. The number of rotatable bonds is 6. The highest BCUT2D eigenvalue weighted by Gasteiger charge is 2.33. The molecule has 0 radical (unpaired) electrons. The van der Waals surface area contributed by atoms with Gasteiger partial charge in [0.1, 0.15) is 5.69 Å². The zero-order chi connectivity index (χ0) is 15.5. The highest BCUT2D eigenvalue weighted by atomic mass is 35.5. The van der Waals surface area contributed by atoms with Crippen LogP contribution in [0.25, 0.3) is 11.3 Å². The fourth-order valence-corrected chi connectivity index (χ4v) is 2.96. The molecule has 0 spiro atoms. The number of aromatic nitrogens is 3. The van der Waals surface area contributed by atoms with Crippen molar-refractivity contribution in [3.8, 4) is 11.3 Å². The molecular formula is C14H20Cl2N6O2. The number of hydrogen-bond donors (Lipinski definition) is 5. The number of halogens is 2. The lowest BCUT2D eigenvalue weighted by Gasteiger charge is -2.12. The molecule has 1 aliphatic carbocycles. The van der Waals surface area contributed by atoms with Crippen LogP contribution in [0.5, 0.6) is 0 Å². The molecule has 0 atom stereocenters. The molecule has 1 aliphatic rings. The van der Waals surface area contributed by atoms with Crippen LogP contribution in [0.4, 0.5) is 0 Å². The van der Waals surface area contributed by atoms with Gasteiger partial charge in [0, 0.05) is 30.9 Å². The number of H-pyrrole nitrogens is 1. The number of aromatic carboxylic acids is 1. The Labute approximate surface area is 151 Å². The summed E-state index contributed by atoms with van der Waals surface area (Å²) in [6.07, 6.45) is 5.92. The number of aromatic amines is 1. The van der Waals surface area contributed by atoms with Gasteiger partial charge in [0.2, 0.25) is 0 Å². The van der Waals surface area contributed by atoms with E-state index in [2.05, 4.69) is 26.9 Å². The van der Waals surface area contributed by atoms with Crippen molar-refractivity contribution in [2.75, 3.05) is 6.54 Å². The number of hydrogen-bond acceptors (Lipinski definition) is 4. The van der Waals surface area contributed by atoms with Crippen molar-refractivity contribution in [3.05, 3.63) is 35.3 Å². The molecule has 7 N–H and O–H groups in total. The molecule has 0 fully saturated rings. The Morgan fingerprint density at radius 3 is 2.92 bits per heavy atom. The van der Waals surface area contributed by atoms with Gasteiger partial charge >= 0.3 is 11.7 Å². The van der Waals surface area contributed by atoms with E-state index in [4.69, 9.17) is 0 Å².